The molecular formula is C16H20BrN3O. The molecule has 2 unspecified atom stereocenters. The van der Waals surface area contributed by atoms with Crippen molar-refractivity contribution in [2.24, 2.45) is 0 Å². The molecule has 0 saturated carbocycles. The number of hydrogen-bond acceptors (Lipinski definition) is 3. The number of benzene rings is 1. The fourth-order valence-electron chi connectivity index (χ4n) is 2.95. The van der Waals surface area contributed by atoms with Gasteiger partial charge in [-0.1, -0.05) is 18.2 Å². The van der Waals surface area contributed by atoms with Crippen LogP contribution in [0.3, 0.4) is 0 Å². The summed E-state index contributed by atoms with van der Waals surface area (Å²) in [6, 6.07) is 8.66. The Morgan fingerprint density at radius 1 is 1.38 bits per heavy atom. The first kappa shape index (κ1) is 14.6. The standard InChI is InChI=1S/C16H20BrN3O/c1-10(2)20-16(12(17)9-19-20)15(18-3)14-8-11-6-4-5-7-13(11)21-14/h4-7,9-10,14-15,18H,8H2,1-3H3. The summed E-state index contributed by atoms with van der Waals surface area (Å²) in [4.78, 5) is 0. The van der Waals surface area contributed by atoms with Crippen molar-refractivity contribution in [3.05, 3.63) is 46.2 Å². The molecule has 2 heterocycles. The molecule has 1 N–H and O–H groups in total. The van der Waals surface area contributed by atoms with Gasteiger partial charge in [0.05, 0.1) is 22.4 Å². The third kappa shape index (κ3) is 2.60. The summed E-state index contributed by atoms with van der Waals surface area (Å²) in [6.07, 6.45) is 2.86. The second-order valence-corrected chi connectivity index (χ2v) is 6.50. The highest BCUT2D eigenvalue weighted by Crippen LogP contribution is 2.36. The van der Waals surface area contributed by atoms with Crippen molar-refractivity contribution in [2.45, 2.75) is 38.5 Å². The van der Waals surface area contributed by atoms with Crippen LogP contribution < -0.4 is 10.1 Å². The van der Waals surface area contributed by atoms with E-state index in [-0.39, 0.29) is 12.1 Å². The van der Waals surface area contributed by atoms with Crippen LogP contribution in [0, 0.1) is 0 Å². The normalized spacial score (nSPS) is 18.6. The molecule has 0 saturated heterocycles. The van der Waals surface area contributed by atoms with E-state index in [4.69, 9.17) is 4.74 Å². The monoisotopic (exact) mass is 349 g/mol. The van der Waals surface area contributed by atoms with E-state index in [0.29, 0.717) is 6.04 Å². The van der Waals surface area contributed by atoms with Crippen molar-refractivity contribution >= 4 is 15.9 Å². The molecule has 1 aliphatic heterocycles. The van der Waals surface area contributed by atoms with E-state index in [9.17, 15) is 0 Å². The maximum Gasteiger partial charge on any atom is 0.124 e. The highest BCUT2D eigenvalue weighted by Gasteiger charge is 2.34. The first-order valence-electron chi connectivity index (χ1n) is 7.26. The molecule has 112 valence electrons. The minimum Gasteiger partial charge on any atom is -0.488 e. The number of rotatable bonds is 4. The zero-order valence-corrected chi connectivity index (χ0v) is 14.1. The quantitative estimate of drug-likeness (QED) is 0.918. The van der Waals surface area contributed by atoms with E-state index in [0.717, 1.165) is 22.3 Å². The molecule has 2 atom stereocenters. The van der Waals surface area contributed by atoms with Gasteiger partial charge >= 0.3 is 0 Å². The molecule has 0 amide bonds. The Morgan fingerprint density at radius 2 is 2.14 bits per heavy atom. The first-order chi connectivity index (χ1) is 10.1. The predicted molar refractivity (Wildman–Crippen MR) is 86.7 cm³/mol. The summed E-state index contributed by atoms with van der Waals surface area (Å²) in [5.41, 5.74) is 2.42. The third-order valence-electron chi connectivity index (χ3n) is 3.93. The smallest absolute Gasteiger partial charge is 0.124 e. The van der Waals surface area contributed by atoms with Crippen LogP contribution in [-0.2, 0) is 6.42 Å². The van der Waals surface area contributed by atoms with E-state index in [1.807, 2.05) is 25.4 Å². The Kier molecular flexibility index (Phi) is 4.04. The van der Waals surface area contributed by atoms with Crippen LogP contribution in [0.25, 0.3) is 0 Å². The molecule has 0 fully saturated rings. The molecule has 0 bridgehead atoms. The van der Waals surface area contributed by atoms with Crippen molar-refractivity contribution in [2.75, 3.05) is 7.05 Å². The Morgan fingerprint density at radius 3 is 2.81 bits per heavy atom. The number of aromatic nitrogens is 2. The highest BCUT2D eigenvalue weighted by atomic mass is 79.9. The lowest BCUT2D eigenvalue weighted by Gasteiger charge is -2.25. The SMILES string of the molecule is CNC(c1c(Br)cnn1C(C)C)C1Cc2ccccc2O1. The number of hydrogen-bond donors (Lipinski definition) is 1. The molecule has 0 radical (unpaired) electrons. The van der Waals surface area contributed by atoms with Gasteiger partial charge in [0.15, 0.2) is 0 Å². The largest absolute Gasteiger partial charge is 0.488 e. The maximum absolute atomic E-state index is 6.15. The summed E-state index contributed by atoms with van der Waals surface area (Å²) >= 11 is 3.63. The molecule has 2 aromatic rings. The maximum atomic E-state index is 6.15. The van der Waals surface area contributed by atoms with E-state index < -0.39 is 0 Å². The van der Waals surface area contributed by atoms with Gasteiger partial charge in [-0.25, -0.2) is 0 Å². The summed E-state index contributed by atoms with van der Waals surface area (Å²) in [5.74, 6) is 0.995. The number of fused-ring (bicyclic) bond motifs is 1. The molecule has 5 heteroatoms. The Hall–Kier alpha value is -1.33. The third-order valence-corrected chi connectivity index (χ3v) is 4.54. The molecule has 3 rings (SSSR count). The van der Waals surface area contributed by atoms with E-state index in [2.05, 4.69) is 57.0 Å². The van der Waals surface area contributed by atoms with Gasteiger partial charge in [0, 0.05) is 12.5 Å². The van der Waals surface area contributed by atoms with Crippen LogP contribution >= 0.6 is 15.9 Å². The first-order valence-corrected chi connectivity index (χ1v) is 8.06. The number of likely N-dealkylation sites (N-methyl/N-ethyl adjacent to an activating group) is 1. The number of nitrogens with one attached hydrogen (secondary N) is 1. The zero-order valence-electron chi connectivity index (χ0n) is 12.5. The molecule has 1 aromatic carbocycles. The van der Waals surface area contributed by atoms with Gasteiger partial charge in [0.2, 0.25) is 0 Å². The van der Waals surface area contributed by atoms with Crippen LogP contribution in [0.5, 0.6) is 5.75 Å². The fraction of sp³-hybridized carbons (Fsp3) is 0.438. The number of nitrogens with zero attached hydrogens (tertiary/aromatic N) is 2. The Bertz CT molecular complexity index is 613. The Balaban J connectivity index is 1.93. The second kappa shape index (κ2) is 5.81. The number of para-hydroxylation sites is 1. The van der Waals surface area contributed by atoms with Crippen LogP contribution in [0.15, 0.2) is 34.9 Å². The van der Waals surface area contributed by atoms with Gasteiger partial charge in [-0.15, -0.1) is 0 Å². The summed E-state index contributed by atoms with van der Waals surface area (Å²) < 4.78 is 9.23. The molecule has 0 spiro atoms. The van der Waals surface area contributed by atoms with Gasteiger partial charge < -0.3 is 10.1 Å². The molecule has 21 heavy (non-hydrogen) atoms. The van der Waals surface area contributed by atoms with Crippen LogP contribution in [0.2, 0.25) is 0 Å². The minimum absolute atomic E-state index is 0.0814. The molecule has 4 nitrogen and oxygen atoms in total. The molecule has 1 aliphatic rings. The predicted octanol–water partition coefficient (Wildman–Crippen LogP) is 3.49. The van der Waals surface area contributed by atoms with Gasteiger partial charge in [0.25, 0.3) is 0 Å². The second-order valence-electron chi connectivity index (χ2n) is 5.65. The highest BCUT2D eigenvalue weighted by molar-refractivity contribution is 9.10. The van der Waals surface area contributed by atoms with Crippen LogP contribution in [-0.4, -0.2) is 22.9 Å². The summed E-state index contributed by atoms with van der Waals surface area (Å²) in [5, 5.41) is 7.88. The van der Waals surface area contributed by atoms with Crippen molar-refractivity contribution < 1.29 is 4.74 Å². The summed E-state index contributed by atoms with van der Waals surface area (Å²) in [7, 11) is 1.97. The molecule has 1 aromatic heterocycles. The number of halogens is 1. The van der Waals surface area contributed by atoms with Gasteiger partial charge in [-0.3, -0.25) is 4.68 Å². The lowest BCUT2D eigenvalue weighted by molar-refractivity contribution is 0.176. The lowest BCUT2D eigenvalue weighted by Crippen LogP contribution is -2.35. The van der Waals surface area contributed by atoms with E-state index in [1.54, 1.807) is 0 Å². The average molecular weight is 350 g/mol. The topological polar surface area (TPSA) is 39.1 Å². The van der Waals surface area contributed by atoms with Crippen molar-refractivity contribution in [1.29, 1.82) is 0 Å². The molecule has 0 aliphatic carbocycles. The van der Waals surface area contributed by atoms with Crippen molar-refractivity contribution in [1.82, 2.24) is 15.1 Å². The lowest BCUT2D eigenvalue weighted by atomic mass is 10.0. The van der Waals surface area contributed by atoms with Gasteiger partial charge in [-0.2, -0.15) is 5.10 Å². The van der Waals surface area contributed by atoms with Crippen LogP contribution in [0.4, 0.5) is 0 Å². The van der Waals surface area contributed by atoms with Gasteiger partial charge in [0.1, 0.15) is 11.9 Å². The Labute approximate surface area is 133 Å². The minimum atomic E-state index is 0.0814. The van der Waals surface area contributed by atoms with Crippen molar-refractivity contribution in [3.8, 4) is 5.75 Å². The average Bonchev–Trinajstić information content (AvgIpc) is 3.04. The van der Waals surface area contributed by atoms with E-state index >= 15 is 0 Å². The fourth-order valence-corrected chi connectivity index (χ4v) is 3.47. The van der Waals surface area contributed by atoms with Crippen molar-refractivity contribution in [3.63, 3.8) is 0 Å². The van der Waals surface area contributed by atoms with E-state index in [1.165, 1.54) is 5.56 Å². The number of ether oxygens (including phenoxy) is 1. The summed E-state index contributed by atoms with van der Waals surface area (Å²) in [6.45, 7) is 4.28. The zero-order chi connectivity index (χ0) is 15.0. The van der Waals surface area contributed by atoms with Crippen LogP contribution in [0.1, 0.15) is 37.2 Å². The molecular weight excluding hydrogens is 330 g/mol. The van der Waals surface area contributed by atoms with Gasteiger partial charge in [-0.05, 0) is 48.5 Å².